The SMILES string of the molecule is CCc1cccc(C)c1NC(=O)N1CCOC(C)C1. The number of ether oxygens (including phenoxy) is 1. The number of carbonyl (C=O) groups is 1. The topological polar surface area (TPSA) is 41.6 Å². The zero-order chi connectivity index (χ0) is 13.8. The Morgan fingerprint density at radius 3 is 3.00 bits per heavy atom. The molecular formula is C15H22N2O2. The molecule has 0 saturated carbocycles. The van der Waals surface area contributed by atoms with Crippen LogP contribution in [0, 0.1) is 6.92 Å². The number of rotatable bonds is 2. The molecule has 1 aromatic rings. The fourth-order valence-electron chi connectivity index (χ4n) is 2.39. The zero-order valence-electron chi connectivity index (χ0n) is 11.9. The first-order valence-electron chi connectivity index (χ1n) is 6.87. The second-order valence-corrected chi connectivity index (χ2v) is 5.02. The molecule has 2 rings (SSSR count). The summed E-state index contributed by atoms with van der Waals surface area (Å²) in [4.78, 5) is 14.1. The van der Waals surface area contributed by atoms with E-state index in [1.807, 2.05) is 30.9 Å². The molecular weight excluding hydrogens is 240 g/mol. The third kappa shape index (κ3) is 3.26. The first kappa shape index (κ1) is 13.9. The van der Waals surface area contributed by atoms with Crippen molar-refractivity contribution >= 4 is 11.7 Å². The number of amides is 2. The minimum Gasteiger partial charge on any atom is -0.375 e. The lowest BCUT2D eigenvalue weighted by molar-refractivity contribution is -0.00138. The van der Waals surface area contributed by atoms with E-state index in [0.717, 1.165) is 17.7 Å². The van der Waals surface area contributed by atoms with Crippen molar-refractivity contribution in [2.45, 2.75) is 33.3 Å². The van der Waals surface area contributed by atoms with E-state index >= 15 is 0 Å². The maximum Gasteiger partial charge on any atom is 0.322 e. The summed E-state index contributed by atoms with van der Waals surface area (Å²) in [6, 6.07) is 6.08. The van der Waals surface area contributed by atoms with E-state index in [1.165, 1.54) is 5.56 Å². The quantitative estimate of drug-likeness (QED) is 0.890. The average Bonchev–Trinajstić information content (AvgIpc) is 2.41. The second-order valence-electron chi connectivity index (χ2n) is 5.02. The Morgan fingerprint density at radius 2 is 2.32 bits per heavy atom. The molecule has 1 aromatic carbocycles. The first-order valence-corrected chi connectivity index (χ1v) is 6.87. The maximum absolute atomic E-state index is 12.3. The number of benzene rings is 1. The molecule has 1 unspecified atom stereocenters. The van der Waals surface area contributed by atoms with Gasteiger partial charge >= 0.3 is 6.03 Å². The van der Waals surface area contributed by atoms with Crippen molar-refractivity contribution in [3.63, 3.8) is 0 Å². The predicted octanol–water partition coefficient (Wildman–Crippen LogP) is 2.81. The van der Waals surface area contributed by atoms with Crippen LogP contribution < -0.4 is 5.32 Å². The van der Waals surface area contributed by atoms with E-state index in [0.29, 0.717) is 19.7 Å². The van der Waals surface area contributed by atoms with Gasteiger partial charge in [0.2, 0.25) is 0 Å². The zero-order valence-corrected chi connectivity index (χ0v) is 11.9. The maximum atomic E-state index is 12.3. The van der Waals surface area contributed by atoms with E-state index in [4.69, 9.17) is 4.74 Å². The highest BCUT2D eigenvalue weighted by molar-refractivity contribution is 5.91. The Hall–Kier alpha value is -1.55. The lowest BCUT2D eigenvalue weighted by Crippen LogP contribution is -2.46. The van der Waals surface area contributed by atoms with Gasteiger partial charge in [0.25, 0.3) is 0 Å². The lowest BCUT2D eigenvalue weighted by atomic mass is 10.1. The largest absolute Gasteiger partial charge is 0.375 e. The van der Waals surface area contributed by atoms with Gasteiger partial charge in [-0.25, -0.2) is 4.79 Å². The number of hydrogen-bond acceptors (Lipinski definition) is 2. The highest BCUT2D eigenvalue weighted by atomic mass is 16.5. The molecule has 0 bridgehead atoms. The van der Waals surface area contributed by atoms with Gasteiger partial charge in [-0.3, -0.25) is 0 Å². The molecule has 2 amide bonds. The Kier molecular flexibility index (Phi) is 4.43. The van der Waals surface area contributed by atoms with Crippen LogP contribution in [0.1, 0.15) is 25.0 Å². The summed E-state index contributed by atoms with van der Waals surface area (Å²) in [5.74, 6) is 0. The smallest absolute Gasteiger partial charge is 0.322 e. The molecule has 1 heterocycles. The Morgan fingerprint density at radius 1 is 1.53 bits per heavy atom. The molecule has 1 aliphatic heterocycles. The number of para-hydroxylation sites is 1. The molecule has 1 aliphatic rings. The molecule has 4 nitrogen and oxygen atoms in total. The third-order valence-corrected chi connectivity index (χ3v) is 3.50. The summed E-state index contributed by atoms with van der Waals surface area (Å²) in [5.41, 5.74) is 3.23. The van der Waals surface area contributed by atoms with Crippen molar-refractivity contribution < 1.29 is 9.53 Å². The van der Waals surface area contributed by atoms with Gasteiger partial charge in [-0.15, -0.1) is 0 Å². The van der Waals surface area contributed by atoms with Gasteiger partial charge in [0.05, 0.1) is 12.7 Å². The lowest BCUT2D eigenvalue weighted by Gasteiger charge is -2.31. The fourth-order valence-corrected chi connectivity index (χ4v) is 2.39. The van der Waals surface area contributed by atoms with Crippen LogP contribution in [0.2, 0.25) is 0 Å². The summed E-state index contributed by atoms with van der Waals surface area (Å²) in [5, 5.41) is 3.05. The van der Waals surface area contributed by atoms with Crippen molar-refractivity contribution in [1.29, 1.82) is 0 Å². The summed E-state index contributed by atoms with van der Waals surface area (Å²) >= 11 is 0. The highest BCUT2D eigenvalue weighted by Gasteiger charge is 2.22. The van der Waals surface area contributed by atoms with Crippen molar-refractivity contribution in [2.75, 3.05) is 25.0 Å². The molecule has 104 valence electrons. The molecule has 4 heteroatoms. The molecule has 0 aliphatic carbocycles. The van der Waals surface area contributed by atoms with E-state index in [-0.39, 0.29) is 12.1 Å². The monoisotopic (exact) mass is 262 g/mol. The van der Waals surface area contributed by atoms with E-state index < -0.39 is 0 Å². The van der Waals surface area contributed by atoms with Gasteiger partial charge in [-0.05, 0) is 31.4 Å². The molecule has 1 atom stereocenters. The van der Waals surface area contributed by atoms with E-state index in [9.17, 15) is 4.79 Å². The molecule has 19 heavy (non-hydrogen) atoms. The summed E-state index contributed by atoms with van der Waals surface area (Å²) < 4.78 is 5.46. The Bertz CT molecular complexity index is 459. The van der Waals surface area contributed by atoms with Crippen LogP contribution in [0.15, 0.2) is 18.2 Å². The summed E-state index contributed by atoms with van der Waals surface area (Å²) in [7, 11) is 0. The third-order valence-electron chi connectivity index (χ3n) is 3.50. The van der Waals surface area contributed by atoms with Crippen LogP contribution in [-0.4, -0.2) is 36.7 Å². The minimum absolute atomic E-state index is 0.0286. The number of morpholine rings is 1. The first-order chi connectivity index (χ1) is 9.11. The van der Waals surface area contributed by atoms with Crippen molar-refractivity contribution in [3.8, 4) is 0 Å². The van der Waals surface area contributed by atoms with Crippen LogP contribution in [0.5, 0.6) is 0 Å². The highest BCUT2D eigenvalue weighted by Crippen LogP contribution is 2.21. The van der Waals surface area contributed by atoms with Crippen LogP contribution >= 0.6 is 0 Å². The number of hydrogen-bond donors (Lipinski definition) is 1. The molecule has 1 saturated heterocycles. The predicted molar refractivity (Wildman–Crippen MR) is 76.6 cm³/mol. The standard InChI is InChI=1S/C15H22N2O2/c1-4-13-7-5-6-11(2)14(13)16-15(18)17-8-9-19-12(3)10-17/h5-7,12H,4,8-10H2,1-3H3,(H,16,18). The number of anilines is 1. The fraction of sp³-hybridized carbons (Fsp3) is 0.533. The van der Waals surface area contributed by atoms with Crippen LogP contribution in [0.25, 0.3) is 0 Å². The molecule has 0 aromatic heterocycles. The van der Waals surface area contributed by atoms with Gasteiger partial charge in [-0.1, -0.05) is 25.1 Å². The van der Waals surface area contributed by atoms with Crippen LogP contribution in [-0.2, 0) is 11.2 Å². The Labute approximate surface area is 114 Å². The van der Waals surface area contributed by atoms with Crippen LogP contribution in [0.4, 0.5) is 10.5 Å². The summed E-state index contributed by atoms with van der Waals surface area (Å²) in [6.45, 7) is 8.04. The second kappa shape index (κ2) is 6.06. The van der Waals surface area contributed by atoms with Gasteiger partial charge in [0.1, 0.15) is 0 Å². The van der Waals surface area contributed by atoms with Gasteiger partial charge < -0.3 is 15.0 Å². The minimum atomic E-state index is -0.0286. The van der Waals surface area contributed by atoms with Gasteiger partial charge in [0, 0.05) is 18.8 Å². The molecule has 1 N–H and O–H groups in total. The number of urea groups is 1. The van der Waals surface area contributed by atoms with Crippen molar-refractivity contribution in [1.82, 2.24) is 4.90 Å². The van der Waals surface area contributed by atoms with Crippen LogP contribution in [0.3, 0.4) is 0 Å². The number of nitrogens with zero attached hydrogens (tertiary/aromatic N) is 1. The molecule has 1 fully saturated rings. The van der Waals surface area contributed by atoms with Gasteiger partial charge in [0.15, 0.2) is 0 Å². The average molecular weight is 262 g/mol. The van der Waals surface area contributed by atoms with Gasteiger partial charge in [-0.2, -0.15) is 0 Å². The number of aryl methyl sites for hydroxylation is 2. The van der Waals surface area contributed by atoms with Crippen molar-refractivity contribution in [2.24, 2.45) is 0 Å². The normalized spacial score (nSPS) is 19.3. The number of nitrogens with one attached hydrogen (secondary N) is 1. The van der Waals surface area contributed by atoms with Crippen molar-refractivity contribution in [3.05, 3.63) is 29.3 Å². The molecule has 0 spiro atoms. The van der Waals surface area contributed by atoms with E-state index in [1.54, 1.807) is 0 Å². The Balaban J connectivity index is 2.10. The number of carbonyl (C=O) groups excluding carboxylic acids is 1. The molecule has 0 radical (unpaired) electrons. The summed E-state index contributed by atoms with van der Waals surface area (Å²) in [6.07, 6.45) is 1.03. The van der Waals surface area contributed by atoms with E-state index in [2.05, 4.69) is 18.3 Å².